The standard InChI is InChI=1S/C14H17BrN2O6S/c1-14(2,3)23-10(13(19)20)12(16-7-18)24-11-8(15)5-4-6-9(11)17(21)22/h4-7,10,12H,1-3H3,(H,16,18)(H,19,20)/t10?,12-/m1/s1. The Labute approximate surface area is 151 Å². The van der Waals surface area contributed by atoms with E-state index >= 15 is 0 Å². The van der Waals surface area contributed by atoms with Crippen LogP contribution in [0.25, 0.3) is 0 Å². The van der Waals surface area contributed by atoms with E-state index in [0.29, 0.717) is 10.9 Å². The first-order chi connectivity index (χ1) is 11.1. The fourth-order valence-corrected chi connectivity index (χ4v) is 3.51. The smallest absolute Gasteiger partial charge is 0.335 e. The number of carboxylic acid groups (broad SMARTS) is 1. The van der Waals surface area contributed by atoms with Gasteiger partial charge in [-0.1, -0.05) is 17.8 Å². The number of thioether (sulfide) groups is 1. The van der Waals surface area contributed by atoms with E-state index in [1.165, 1.54) is 12.1 Å². The molecule has 0 spiro atoms. The predicted octanol–water partition coefficient (Wildman–Crippen LogP) is 2.79. The third kappa shape index (κ3) is 5.77. The maximum Gasteiger partial charge on any atom is 0.335 e. The summed E-state index contributed by atoms with van der Waals surface area (Å²) in [5.74, 6) is -1.29. The Bertz CT molecular complexity index is 634. The number of carbonyl (C=O) groups excluding carboxylic acids is 1. The van der Waals surface area contributed by atoms with Gasteiger partial charge in [0.05, 0.1) is 10.5 Å². The van der Waals surface area contributed by atoms with Crippen molar-refractivity contribution in [3.05, 3.63) is 32.8 Å². The van der Waals surface area contributed by atoms with Crippen LogP contribution in [0, 0.1) is 10.1 Å². The van der Waals surface area contributed by atoms with Crippen molar-refractivity contribution in [2.45, 2.75) is 42.7 Å². The number of aliphatic carboxylic acids is 1. The lowest BCUT2D eigenvalue weighted by molar-refractivity contribution is -0.387. The van der Waals surface area contributed by atoms with Crippen LogP contribution in [0.15, 0.2) is 27.6 Å². The molecule has 0 bridgehead atoms. The van der Waals surface area contributed by atoms with Crippen LogP contribution in [0.3, 0.4) is 0 Å². The number of nitro groups is 1. The zero-order valence-corrected chi connectivity index (χ0v) is 15.6. The van der Waals surface area contributed by atoms with E-state index < -0.39 is 28.0 Å². The lowest BCUT2D eigenvalue weighted by Gasteiger charge is -2.30. The van der Waals surface area contributed by atoms with Crippen LogP contribution < -0.4 is 5.32 Å². The number of benzene rings is 1. The zero-order valence-electron chi connectivity index (χ0n) is 13.2. The van der Waals surface area contributed by atoms with Crippen LogP contribution in [0.1, 0.15) is 20.8 Å². The molecular weight excluding hydrogens is 404 g/mol. The van der Waals surface area contributed by atoms with Gasteiger partial charge >= 0.3 is 5.97 Å². The summed E-state index contributed by atoms with van der Waals surface area (Å²) in [5, 5.41) is 21.9. The SMILES string of the molecule is CC(C)(C)OC(C(=O)O)[C@H](NC=O)Sc1c(Br)cccc1[N+](=O)[O-]. The third-order valence-corrected chi connectivity index (χ3v) is 4.84. The molecule has 0 saturated carbocycles. The summed E-state index contributed by atoms with van der Waals surface area (Å²) in [4.78, 5) is 33.2. The monoisotopic (exact) mass is 420 g/mol. The Morgan fingerprint density at radius 1 is 1.50 bits per heavy atom. The third-order valence-electron chi connectivity index (χ3n) is 2.62. The molecule has 24 heavy (non-hydrogen) atoms. The molecule has 1 aromatic carbocycles. The Kier molecular flexibility index (Phi) is 7.18. The minimum Gasteiger partial charge on any atom is -0.479 e. The van der Waals surface area contributed by atoms with Crippen molar-refractivity contribution in [3.8, 4) is 0 Å². The summed E-state index contributed by atoms with van der Waals surface area (Å²) in [7, 11) is 0. The highest BCUT2D eigenvalue weighted by atomic mass is 79.9. The van der Waals surface area contributed by atoms with Crippen LogP contribution in [0.2, 0.25) is 0 Å². The molecule has 1 unspecified atom stereocenters. The number of hydrogen-bond donors (Lipinski definition) is 2. The number of hydrogen-bond acceptors (Lipinski definition) is 6. The fraction of sp³-hybridized carbons (Fsp3) is 0.429. The molecule has 0 aliphatic heterocycles. The number of halogens is 1. The normalized spacial score (nSPS) is 13.8. The van der Waals surface area contributed by atoms with E-state index in [1.54, 1.807) is 26.8 Å². The Morgan fingerprint density at radius 2 is 2.12 bits per heavy atom. The molecule has 2 N–H and O–H groups in total. The van der Waals surface area contributed by atoms with E-state index in [0.717, 1.165) is 11.8 Å². The van der Waals surface area contributed by atoms with Crippen molar-refractivity contribution in [1.82, 2.24) is 5.32 Å². The van der Waals surface area contributed by atoms with Crippen LogP contribution in [0.5, 0.6) is 0 Å². The van der Waals surface area contributed by atoms with Crippen molar-refractivity contribution in [3.63, 3.8) is 0 Å². The van der Waals surface area contributed by atoms with Crippen LogP contribution in [0.4, 0.5) is 5.69 Å². The molecule has 0 radical (unpaired) electrons. The summed E-state index contributed by atoms with van der Waals surface area (Å²) in [6, 6.07) is 4.38. The minimum atomic E-state index is -1.40. The molecule has 1 aromatic rings. The topological polar surface area (TPSA) is 119 Å². The predicted molar refractivity (Wildman–Crippen MR) is 91.9 cm³/mol. The first kappa shape index (κ1) is 20.4. The van der Waals surface area contributed by atoms with Gasteiger partial charge in [-0.25, -0.2) is 4.79 Å². The number of nitrogens with one attached hydrogen (secondary N) is 1. The van der Waals surface area contributed by atoms with E-state index in [4.69, 9.17) is 4.74 Å². The van der Waals surface area contributed by atoms with E-state index in [2.05, 4.69) is 21.2 Å². The van der Waals surface area contributed by atoms with Gasteiger partial charge in [0.1, 0.15) is 10.3 Å². The van der Waals surface area contributed by atoms with Crippen molar-refractivity contribution < 1.29 is 24.4 Å². The lowest BCUT2D eigenvalue weighted by Crippen LogP contribution is -2.46. The van der Waals surface area contributed by atoms with E-state index in [9.17, 15) is 24.8 Å². The van der Waals surface area contributed by atoms with Crippen molar-refractivity contribution in [2.75, 3.05) is 0 Å². The number of nitro benzene ring substituents is 1. The molecule has 1 amide bonds. The van der Waals surface area contributed by atoms with E-state index in [1.807, 2.05) is 0 Å². The van der Waals surface area contributed by atoms with Crippen LogP contribution in [-0.2, 0) is 14.3 Å². The molecule has 0 aromatic heterocycles. The quantitative estimate of drug-likeness (QED) is 0.218. The second kappa shape index (κ2) is 8.45. The summed E-state index contributed by atoms with van der Waals surface area (Å²) in [6.45, 7) is 5.02. The molecule has 0 fully saturated rings. The maximum atomic E-state index is 11.5. The minimum absolute atomic E-state index is 0.200. The molecule has 0 aliphatic carbocycles. The van der Waals surface area contributed by atoms with Crippen LogP contribution >= 0.6 is 27.7 Å². The van der Waals surface area contributed by atoms with Crippen LogP contribution in [-0.4, -0.2) is 39.5 Å². The Morgan fingerprint density at radius 3 is 2.58 bits per heavy atom. The number of carbonyl (C=O) groups is 2. The van der Waals surface area contributed by atoms with Gasteiger partial charge in [0.25, 0.3) is 5.69 Å². The average Bonchev–Trinajstić information content (AvgIpc) is 2.44. The molecule has 1 rings (SSSR count). The Hall–Kier alpha value is -1.65. The highest BCUT2D eigenvalue weighted by Gasteiger charge is 2.35. The molecule has 2 atom stereocenters. The second-order valence-electron chi connectivity index (χ2n) is 5.66. The molecule has 8 nitrogen and oxygen atoms in total. The molecule has 0 aliphatic rings. The van der Waals surface area contributed by atoms with Gasteiger partial charge in [-0.2, -0.15) is 0 Å². The number of carboxylic acids is 1. The number of nitrogens with zero attached hydrogens (tertiary/aromatic N) is 1. The van der Waals surface area contributed by atoms with Gasteiger partial charge in [0.2, 0.25) is 6.41 Å². The first-order valence-corrected chi connectivity index (χ1v) is 8.44. The largest absolute Gasteiger partial charge is 0.479 e. The van der Waals surface area contributed by atoms with Gasteiger partial charge in [-0.3, -0.25) is 14.9 Å². The second-order valence-corrected chi connectivity index (χ2v) is 7.66. The van der Waals surface area contributed by atoms with Gasteiger partial charge < -0.3 is 15.2 Å². The number of ether oxygens (including phenoxy) is 1. The van der Waals surface area contributed by atoms with Crippen molar-refractivity contribution >= 4 is 45.8 Å². The zero-order chi connectivity index (χ0) is 18.5. The number of amides is 1. The van der Waals surface area contributed by atoms with E-state index in [-0.39, 0.29) is 10.6 Å². The average molecular weight is 421 g/mol. The van der Waals surface area contributed by atoms with Gasteiger partial charge in [-0.05, 0) is 42.8 Å². The van der Waals surface area contributed by atoms with Crippen molar-refractivity contribution in [1.29, 1.82) is 0 Å². The molecule has 10 heteroatoms. The molecule has 132 valence electrons. The summed E-state index contributed by atoms with van der Waals surface area (Å²) in [6.07, 6.45) is -1.06. The Balaban J connectivity index is 3.24. The summed E-state index contributed by atoms with van der Waals surface area (Å²) in [5.41, 5.74) is -0.987. The lowest BCUT2D eigenvalue weighted by atomic mass is 10.2. The van der Waals surface area contributed by atoms with Crippen molar-refractivity contribution in [2.24, 2.45) is 0 Å². The highest BCUT2D eigenvalue weighted by molar-refractivity contribution is 9.10. The number of rotatable bonds is 8. The fourth-order valence-electron chi connectivity index (χ4n) is 1.76. The summed E-state index contributed by atoms with van der Waals surface area (Å²) >= 11 is 4.05. The first-order valence-electron chi connectivity index (χ1n) is 6.76. The maximum absolute atomic E-state index is 11.5. The molecular formula is C14H17BrN2O6S. The van der Waals surface area contributed by atoms with Gasteiger partial charge in [0, 0.05) is 10.5 Å². The van der Waals surface area contributed by atoms with Gasteiger partial charge in [0.15, 0.2) is 6.10 Å². The summed E-state index contributed by atoms with van der Waals surface area (Å²) < 4.78 is 5.92. The van der Waals surface area contributed by atoms with Gasteiger partial charge in [-0.15, -0.1) is 0 Å². The molecule has 0 heterocycles. The highest BCUT2D eigenvalue weighted by Crippen LogP contribution is 2.39. The molecule has 0 saturated heterocycles.